The molecule has 0 aliphatic carbocycles. The molecule has 0 spiro atoms. The molecule has 1 aliphatic heterocycles. The van der Waals surface area contributed by atoms with E-state index in [2.05, 4.69) is 45.7 Å². The van der Waals surface area contributed by atoms with Crippen molar-refractivity contribution in [3.8, 4) is 0 Å². The van der Waals surface area contributed by atoms with Crippen LogP contribution in [0.2, 0.25) is 0 Å². The molecule has 4 nitrogen and oxygen atoms in total. The first kappa shape index (κ1) is 14.3. The number of rotatable bonds is 6. The Bertz CT molecular complexity index is 504. The number of hydrogen-bond acceptors (Lipinski definition) is 4. The third-order valence-corrected chi connectivity index (χ3v) is 4.21. The van der Waals surface area contributed by atoms with Crippen LogP contribution in [0.15, 0.2) is 47.2 Å². The predicted octanol–water partition coefficient (Wildman–Crippen LogP) is 2.47. The van der Waals surface area contributed by atoms with Crippen LogP contribution >= 0.6 is 0 Å². The summed E-state index contributed by atoms with van der Waals surface area (Å²) in [6.45, 7) is 4.35. The van der Waals surface area contributed by atoms with Gasteiger partial charge in [0.05, 0.1) is 5.69 Å². The first-order chi connectivity index (χ1) is 10.4. The number of nitrogens with one attached hydrogen (secondary N) is 1. The molecule has 0 atom stereocenters. The molecule has 2 heterocycles. The second-order valence-electron chi connectivity index (χ2n) is 5.72. The standard InChI is InChI=1S/C17H23N3O/c1-2-4-15(5-3-1)6-10-20-11-7-16(8-12-20)18-14-17-9-13-21-19-17/h1-5,9,13,16,18H,6-8,10-12,14H2. The van der Waals surface area contributed by atoms with Gasteiger partial charge in [0.2, 0.25) is 0 Å². The molecule has 1 aliphatic rings. The Morgan fingerprint density at radius 1 is 1.14 bits per heavy atom. The summed E-state index contributed by atoms with van der Waals surface area (Å²) in [5, 5.41) is 7.50. The molecule has 1 aromatic heterocycles. The summed E-state index contributed by atoms with van der Waals surface area (Å²) in [7, 11) is 0. The van der Waals surface area contributed by atoms with Crippen LogP contribution in [-0.4, -0.2) is 35.7 Å². The van der Waals surface area contributed by atoms with Gasteiger partial charge in [0.15, 0.2) is 0 Å². The van der Waals surface area contributed by atoms with Crippen molar-refractivity contribution in [3.05, 3.63) is 53.9 Å². The zero-order chi connectivity index (χ0) is 14.3. The van der Waals surface area contributed by atoms with Crippen LogP contribution in [-0.2, 0) is 13.0 Å². The van der Waals surface area contributed by atoms with Crippen LogP contribution in [0.4, 0.5) is 0 Å². The monoisotopic (exact) mass is 285 g/mol. The summed E-state index contributed by atoms with van der Waals surface area (Å²) in [5.41, 5.74) is 2.42. The first-order valence-corrected chi connectivity index (χ1v) is 7.79. The molecule has 1 saturated heterocycles. The molecule has 3 rings (SSSR count). The number of piperidine rings is 1. The van der Waals surface area contributed by atoms with Gasteiger partial charge in [0.1, 0.15) is 6.26 Å². The van der Waals surface area contributed by atoms with E-state index in [-0.39, 0.29) is 0 Å². The van der Waals surface area contributed by atoms with Crippen molar-refractivity contribution >= 4 is 0 Å². The number of nitrogens with zero attached hydrogens (tertiary/aromatic N) is 2. The molecule has 0 saturated carbocycles. The van der Waals surface area contributed by atoms with Gasteiger partial charge in [-0.05, 0) is 37.9 Å². The van der Waals surface area contributed by atoms with Crippen LogP contribution in [0.25, 0.3) is 0 Å². The van der Waals surface area contributed by atoms with Crippen molar-refractivity contribution in [2.75, 3.05) is 19.6 Å². The molecule has 0 bridgehead atoms. The number of aromatic nitrogens is 1. The van der Waals surface area contributed by atoms with E-state index in [1.807, 2.05) is 6.07 Å². The maximum Gasteiger partial charge on any atom is 0.124 e. The minimum absolute atomic E-state index is 0.606. The van der Waals surface area contributed by atoms with E-state index in [1.54, 1.807) is 6.26 Å². The lowest BCUT2D eigenvalue weighted by Gasteiger charge is -2.32. The predicted molar refractivity (Wildman–Crippen MR) is 83.0 cm³/mol. The Kier molecular flexibility index (Phi) is 5.03. The lowest BCUT2D eigenvalue weighted by molar-refractivity contribution is 0.198. The topological polar surface area (TPSA) is 41.3 Å². The van der Waals surface area contributed by atoms with E-state index in [1.165, 1.54) is 38.0 Å². The SMILES string of the molecule is c1ccc(CCN2CCC(NCc3ccon3)CC2)cc1. The van der Waals surface area contributed by atoms with E-state index < -0.39 is 0 Å². The highest BCUT2D eigenvalue weighted by molar-refractivity contribution is 5.14. The van der Waals surface area contributed by atoms with E-state index in [0.717, 1.165) is 18.7 Å². The van der Waals surface area contributed by atoms with E-state index >= 15 is 0 Å². The number of hydrogen-bond donors (Lipinski definition) is 1. The molecule has 1 fully saturated rings. The fourth-order valence-electron chi connectivity index (χ4n) is 2.87. The normalized spacial score (nSPS) is 17.1. The molecule has 1 N–H and O–H groups in total. The number of likely N-dealkylation sites (tertiary alicyclic amines) is 1. The average Bonchev–Trinajstić information content (AvgIpc) is 3.06. The quantitative estimate of drug-likeness (QED) is 0.885. The van der Waals surface area contributed by atoms with Crippen molar-refractivity contribution in [1.82, 2.24) is 15.4 Å². The maximum absolute atomic E-state index is 4.85. The molecule has 112 valence electrons. The van der Waals surface area contributed by atoms with Crippen LogP contribution in [0.1, 0.15) is 24.1 Å². The highest BCUT2D eigenvalue weighted by Crippen LogP contribution is 2.12. The Morgan fingerprint density at radius 3 is 2.67 bits per heavy atom. The van der Waals surface area contributed by atoms with Crippen molar-refractivity contribution in [2.24, 2.45) is 0 Å². The largest absolute Gasteiger partial charge is 0.364 e. The van der Waals surface area contributed by atoms with Crippen LogP contribution in [0.3, 0.4) is 0 Å². The molecule has 1 aromatic carbocycles. The Labute approximate surface area is 126 Å². The maximum atomic E-state index is 4.85. The molecule has 0 unspecified atom stereocenters. The molecular weight excluding hydrogens is 262 g/mol. The molecule has 0 radical (unpaired) electrons. The van der Waals surface area contributed by atoms with Gasteiger partial charge in [-0.25, -0.2) is 0 Å². The van der Waals surface area contributed by atoms with Gasteiger partial charge in [-0.1, -0.05) is 35.5 Å². The summed E-state index contributed by atoms with van der Waals surface area (Å²) in [4.78, 5) is 2.57. The summed E-state index contributed by atoms with van der Waals surface area (Å²) < 4.78 is 4.85. The summed E-state index contributed by atoms with van der Waals surface area (Å²) in [5.74, 6) is 0. The molecule has 2 aromatic rings. The van der Waals surface area contributed by atoms with Gasteiger partial charge >= 0.3 is 0 Å². The first-order valence-electron chi connectivity index (χ1n) is 7.79. The van der Waals surface area contributed by atoms with Crippen LogP contribution in [0.5, 0.6) is 0 Å². The van der Waals surface area contributed by atoms with Gasteiger partial charge in [-0.15, -0.1) is 0 Å². The summed E-state index contributed by atoms with van der Waals surface area (Å²) >= 11 is 0. The zero-order valence-corrected chi connectivity index (χ0v) is 12.4. The molecule has 4 heteroatoms. The van der Waals surface area contributed by atoms with Crippen LogP contribution < -0.4 is 5.32 Å². The van der Waals surface area contributed by atoms with E-state index in [4.69, 9.17) is 4.52 Å². The molecule has 21 heavy (non-hydrogen) atoms. The third kappa shape index (κ3) is 4.41. The lowest BCUT2D eigenvalue weighted by atomic mass is 10.0. The van der Waals surface area contributed by atoms with Crippen molar-refractivity contribution < 1.29 is 4.52 Å². The van der Waals surface area contributed by atoms with Gasteiger partial charge < -0.3 is 14.7 Å². The third-order valence-electron chi connectivity index (χ3n) is 4.21. The van der Waals surface area contributed by atoms with Gasteiger partial charge in [-0.2, -0.15) is 0 Å². The summed E-state index contributed by atoms with van der Waals surface area (Å²) in [6, 6.07) is 13.3. The van der Waals surface area contributed by atoms with Gasteiger partial charge in [-0.3, -0.25) is 0 Å². The van der Waals surface area contributed by atoms with E-state index in [0.29, 0.717) is 6.04 Å². The second kappa shape index (κ2) is 7.38. The van der Waals surface area contributed by atoms with Gasteiger partial charge in [0, 0.05) is 25.2 Å². The minimum atomic E-state index is 0.606. The highest BCUT2D eigenvalue weighted by atomic mass is 16.5. The Balaban J connectivity index is 1.35. The average molecular weight is 285 g/mol. The highest BCUT2D eigenvalue weighted by Gasteiger charge is 2.18. The van der Waals surface area contributed by atoms with Gasteiger partial charge in [0.25, 0.3) is 0 Å². The molecule has 0 amide bonds. The number of benzene rings is 1. The second-order valence-corrected chi connectivity index (χ2v) is 5.72. The molecular formula is C17H23N3O. The van der Waals surface area contributed by atoms with Crippen LogP contribution in [0, 0.1) is 0 Å². The summed E-state index contributed by atoms with van der Waals surface area (Å²) in [6.07, 6.45) is 5.21. The zero-order valence-electron chi connectivity index (χ0n) is 12.4. The fraction of sp³-hybridized carbons (Fsp3) is 0.471. The van der Waals surface area contributed by atoms with Crippen molar-refractivity contribution in [3.63, 3.8) is 0 Å². The Hall–Kier alpha value is -1.65. The van der Waals surface area contributed by atoms with Crippen molar-refractivity contribution in [2.45, 2.75) is 31.8 Å². The Morgan fingerprint density at radius 2 is 1.95 bits per heavy atom. The fourth-order valence-corrected chi connectivity index (χ4v) is 2.87. The van der Waals surface area contributed by atoms with E-state index in [9.17, 15) is 0 Å². The van der Waals surface area contributed by atoms with Crippen molar-refractivity contribution in [1.29, 1.82) is 0 Å². The minimum Gasteiger partial charge on any atom is -0.364 e. The smallest absolute Gasteiger partial charge is 0.124 e. The lowest BCUT2D eigenvalue weighted by Crippen LogP contribution is -2.42.